The van der Waals surface area contributed by atoms with Crippen LogP contribution in [0.15, 0.2) is 95.4 Å². The molecule has 0 unspecified atom stereocenters. The number of hydrogen-bond donors (Lipinski definition) is 1. The zero-order valence-electron chi connectivity index (χ0n) is 18.8. The molecule has 2 heterocycles. The summed E-state index contributed by atoms with van der Waals surface area (Å²) < 4.78 is 5.75. The number of furan rings is 1. The molecule has 0 bridgehead atoms. The molecule has 1 aliphatic heterocycles. The van der Waals surface area contributed by atoms with Crippen LogP contribution in [0.2, 0.25) is 5.02 Å². The highest BCUT2D eigenvalue weighted by molar-refractivity contribution is 6.30. The second kappa shape index (κ2) is 10.2. The number of anilines is 2. The largest absolute Gasteiger partial charge is 0.451 e. The maximum absolute atomic E-state index is 12.6. The van der Waals surface area contributed by atoms with Gasteiger partial charge in [-0.2, -0.15) is 0 Å². The van der Waals surface area contributed by atoms with Gasteiger partial charge in [-0.3, -0.25) is 9.69 Å². The van der Waals surface area contributed by atoms with Gasteiger partial charge in [0.15, 0.2) is 5.76 Å². The molecule has 0 aliphatic carbocycles. The minimum atomic E-state index is -0.275. The van der Waals surface area contributed by atoms with Gasteiger partial charge in [0.2, 0.25) is 0 Å². The first kappa shape index (κ1) is 22.3. The van der Waals surface area contributed by atoms with E-state index >= 15 is 0 Å². The molecular formula is C28H26ClN3O2. The lowest BCUT2D eigenvalue weighted by Gasteiger charge is -2.36. The van der Waals surface area contributed by atoms with E-state index in [0.29, 0.717) is 10.8 Å². The Morgan fingerprint density at radius 1 is 0.824 bits per heavy atom. The van der Waals surface area contributed by atoms with Crippen molar-refractivity contribution in [2.75, 3.05) is 36.4 Å². The van der Waals surface area contributed by atoms with Crippen molar-refractivity contribution in [3.05, 3.63) is 107 Å². The van der Waals surface area contributed by atoms with Gasteiger partial charge < -0.3 is 14.6 Å². The number of rotatable bonds is 6. The second-order valence-corrected chi connectivity index (χ2v) is 8.86. The Morgan fingerprint density at radius 2 is 1.53 bits per heavy atom. The number of hydrogen-bond acceptors (Lipinski definition) is 4. The number of carbonyl (C=O) groups excluding carboxylic acids is 1. The van der Waals surface area contributed by atoms with E-state index in [4.69, 9.17) is 16.0 Å². The van der Waals surface area contributed by atoms with E-state index in [9.17, 15) is 4.79 Å². The lowest BCUT2D eigenvalue weighted by atomic mass is 10.2. The minimum absolute atomic E-state index is 0.267. The third kappa shape index (κ3) is 5.33. The van der Waals surface area contributed by atoms with Crippen LogP contribution in [0.1, 0.15) is 16.1 Å². The van der Waals surface area contributed by atoms with Gasteiger partial charge in [0.25, 0.3) is 5.91 Å². The van der Waals surface area contributed by atoms with Crippen LogP contribution in [0.25, 0.3) is 11.3 Å². The number of benzene rings is 3. The van der Waals surface area contributed by atoms with Gasteiger partial charge in [-0.15, -0.1) is 0 Å². The monoisotopic (exact) mass is 471 g/mol. The van der Waals surface area contributed by atoms with E-state index in [1.165, 1.54) is 11.3 Å². The van der Waals surface area contributed by atoms with Gasteiger partial charge in [-0.1, -0.05) is 41.9 Å². The van der Waals surface area contributed by atoms with E-state index in [0.717, 1.165) is 44.0 Å². The summed E-state index contributed by atoms with van der Waals surface area (Å²) in [6.07, 6.45) is 0. The van der Waals surface area contributed by atoms with Gasteiger partial charge in [-0.25, -0.2) is 0 Å². The van der Waals surface area contributed by atoms with Crippen LogP contribution in [-0.2, 0) is 6.54 Å². The third-order valence-corrected chi connectivity index (χ3v) is 6.32. The zero-order chi connectivity index (χ0) is 23.3. The molecule has 1 amide bonds. The standard InChI is InChI=1S/C28H26ClN3O2/c29-23-8-6-22(7-9-23)26-14-15-27(34-26)28(33)30-24-10-12-25(13-11-24)32-18-16-31(17-19-32)20-21-4-2-1-3-5-21/h1-15H,16-20H2,(H,30,33). The normalized spacial score (nSPS) is 14.2. The van der Waals surface area contributed by atoms with Gasteiger partial charge in [0.05, 0.1) is 0 Å². The van der Waals surface area contributed by atoms with E-state index in [2.05, 4.69) is 57.6 Å². The summed E-state index contributed by atoms with van der Waals surface area (Å²) in [5.41, 5.74) is 4.13. The Bertz CT molecular complexity index is 1230. The van der Waals surface area contributed by atoms with Gasteiger partial charge in [0, 0.05) is 54.7 Å². The topological polar surface area (TPSA) is 48.7 Å². The van der Waals surface area contributed by atoms with Crippen LogP contribution >= 0.6 is 11.6 Å². The predicted molar refractivity (Wildman–Crippen MR) is 137 cm³/mol. The average molecular weight is 472 g/mol. The summed E-state index contributed by atoms with van der Waals surface area (Å²) in [6.45, 7) is 5.02. The zero-order valence-corrected chi connectivity index (χ0v) is 19.5. The molecule has 5 rings (SSSR count). The molecular weight excluding hydrogens is 446 g/mol. The Kier molecular flexibility index (Phi) is 6.65. The molecule has 1 fully saturated rings. The molecule has 1 N–H and O–H groups in total. The maximum atomic E-state index is 12.6. The molecule has 5 nitrogen and oxygen atoms in total. The van der Waals surface area contributed by atoms with Gasteiger partial charge >= 0.3 is 0 Å². The van der Waals surface area contributed by atoms with Crippen molar-refractivity contribution >= 4 is 28.9 Å². The van der Waals surface area contributed by atoms with Crippen molar-refractivity contribution in [1.29, 1.82) is 0 Å². The van der Waals surface area contributed by atoms with Crippen molar-refractivity contribution in [2.45, 2.75) is 6.54 Å². The van der Waals surface area contributed by atoms with E-state index in [1.54, 1.807) is 24.3 Å². The maximum Gasteiger partial charge on any atom is 0.291 e. The highest BCUT2D eigenvalue weighted by Crippen LogP contribution is 2.25. The molecule has 3 aromatic carbocycles. The number of piperazine rings is 1. The van der Waals surface area contributed by atoms with Crippen LogP contribution in [-0.4, -0.2) is 37.0 Å². The first-order valence-corrected chi connectivity index (χ1v) is 11.8. The fraction of sp³-hybridized carbons (Fsp3) is 0.179. The highest BCUT2D eigenvalue weighted by atomic mass is 35.5. The second-order valence-electron chi connectivity index (χ2n) is 8.42. The number of amides is 1. The quantitative estimate of drug-likeness (QED) is 0.365. The van der Waals surface area contributed by atoms with Crippen LogP contribution in [0.5, 0.6) is 0 Å². The van der Waals surface area contributed by atoms with Crippen LogP contribution < -0.4 is 10.2 Å². The summed E-state index contributed by atoms with van der Waals surface area (Å²) in [5.74, 6) is 0.620. The molecule has 0 spiro atoms. The summed E-state index contributed by atoms with van der Waals surface area (Å²) in [5, 5.41) is 3.57. The molecule has 4 aromatic rings. The molecule has 172 valence electrons. The number of nitrogens with zero attached hydrogens (tertiary/aromatic N) is 2. The summed E-state index contributed by atoms with van der Waals surface area (Å²) in [6, 6.07) is 29.4. The molecule has 0 radical (unpaired) electrons. The van der Waals surface area contributed by atoms with Crippen LogP contribution in [0.4, 0.5) is 11.4 Å². The molecule has 0 atom stereocenters. The Labute approximate surface area is 204 Å². The van der Waals surface area contributed by atoms with Crippen molar-refractivity contribution in [1.82, 2.24) is 4.90 Å². The molecule has 0 saturated carbocycles. The number of nitrogens with one attached hydrogen (secondary N) is 1. The fourth-order valence-corrected chi connectivity index (χ4v) is 4.31. The van der Waals surface area contributed by atoms with Crippen molar-refractivity contribution in [2.24, 2.45) is 0 Å². The van der Waals surface area contributed by atoms with Crippen molar-refractivity contribution in [3.8, 4) is 11.3 Å². The molecule has 1 saturated heterocycles. The Balaban J connectivity index is 1.15. The lowest BCUT2D eigenvalue weighted by Crippen LogP contribution is -2.45. The highest BCUT2D eigenvalue weighted by Gasteiger charge is 2.18. The van der Waals surface area contributed by atoms with Crippen LogP contribution in [0.3, 0.4) is 0 Å². The fourth-order valence-electron chi connectivity index (χ4n) is 4.18. The average Bonchev–Trinajstić information content (AvgIpc) is 3.37. The lowest BCUT2D eigenvalue weighted by molar-refractivity contribution is 0.0997. The SMILES string of the molecule is O=C(Nc1ccc(N2CCN(Cc3ccccc3)CC2)cc1)c1ccc(-c2ccc(Cl)cc2)o1. The summed E-state index contributed by atoms with van der Waals surface area (Å²) in [4.78, 5) is 17.5. The van der Waals surface area contributed by atoms with Gasteiger partial charge in [0.1, 0.15) is 5.76 Å². The van der Waals surface area contributed by atoms with Gasteiger partial charge in [-0.05, 0) is 66.2 Å². The third-order valence-electron chi connectivity index (χ3n) is 6.07. The van der Waals surface area contributed by atoms with E-state index < -0.39 is 0 Å². The molecule has 6 heteroatoms. The van der Waals surface area contributed by atoms with Crippen LogP contribution in [0, 0.1) is 0 Å². The number of halogens is 1. The first-order chi connectivity index (χ1) is 16.6. The Morgan fingerprint density at radius 3 is 2.24 bits per heavy atom. The smallest absolute Gasteiger partial charge is 0.291 e. The first-order valence-electron chi connectivity index (χ1n) is 11.4. The molecule has 1 aromatic heterocycles. The minimum Gasteiger partial charge on any atom is -0.451 e. The van der Waals surface area contributed by atoms with E-state index in [1.807, 2.05) is 24.3 Å². The molecule has 1 aliphatic rings. The number of carbonyl (C=O) groups is 1. The van der Waals surface area contributed by atoms with Crippen molar-refractivity contribution < 1.29 is 9.21 Å². The summed E-state index contributed by atoms with van der Waals surface area (Å²) in [7, 11) is 0. The molecule has 34 heavy (non-hydrogen) atoms. The predicted octanol–water partition coefficient (Wildman–Crippen LogP) is 6.17. The Hall–Kier alpha value is -3.54. The van der Waals surface area contributed by atoms with Crippen molar-refractivity contribution in [3.63, 3.8) is 0 Å². The van der Waals surface area contributed by atoms with E-state index in [-0.39, 0.29) is 11.7 Å². The summed E-state index contributed by atoms with van der Waals surface area (Å²) >= 11 is 5.94.